The number of nitrogens with zero attached hydrogens (tertiary/aromatic N) is 2. The zero-order valence-electron chi connectivity index (χ0n) is 17.6. The molecule has 2 aromatic heterocycles. The molecule has 3 heterocycles. The number of aromatic nitrogens is 2. The number of esters is 2. The fourth-order valence-electron chi connectivity index (χ4n) is 3.28. The Morgan fingerprint density at radius 2 is 1.97 bits per heavy atom. The quantitative estimate of drug-likeness (QED) is 0.284. The van der Waals surface area contributed by atoms with Crippen LogP contribution in [0.5, 0.6) is 0 Å². The molecule has 0 aliphatic carbocycles. The van der Waals surface area contributed by atoms with Crippen molar-refractivity contribution in [1.29, 1.82) is 0 Å². The van der Waals surface area contributed by atoms with E-state index in [2.05, 4.69) is 20.6 Å². The Kier molecular flexibility index (Phi) is 7.20. The maximum Gasteiger partial charge on any atom is 0.338 e. The number of hydrogen-bond donors (Lipinski definition) is 2. The molecule has 0 saturated heterocycles. The van der Waals surface area contributed by atoms with Crippen LogP contribution in [0.4, 0.5) is 4.79 Å². The summed E-state index contributed by atoms with van der Waals surface area (Å²) in [7, 11) is 0. The van der Waals surface area contributed by atoms with E-state index in [9.17, 15) is 14.4 Å². The number of ether oxygens (including phenoxy) is 2. The smallest absolute Gasteiger partial charge is 0.338 e. The van der Waals surface area contributed by atoms with E-state index >= 15 is 0 Å². The van der Waals surface area contributed by atoms with E-state index < -0.39 is 24.0 Å². The number of urea groups is 1. The van der Waals surface area contributed by atoms with Gasteiger partial charge >= 0.3 is 18.0 Å². The number of carbonyl (C=O) groups excluding carboxylic acids is 3. The van der Waals surface area contributed by atoms with Crippen LogP contribution in [0.1, 0.15) is 18.5 Å². The van der Waals surface area contributed by atoms with E-state index in [1.54, 1.807) is 31.2 Å². The Morgan fingerprint density at radius 3 is 2.76 bits per heavy atom. The summed E-state index contributed by atoms with van der Waals surface area (Å²) in [5.41, 5.74) is 1.09. The molecule has 1 unspecified atom stereocenters. The highest BCUT2D eigenvalue weighted by atomic mass is 32.2. The molecule has 170 valence electrons. The van der Waals surface area contributed by atoms with Crippen LogP contribution in [-0.2, 0) is 19.1 Å². The second kappa shape index (κ2) is 10.5. The minimum absolute atomic E-state index is 0.0122. The van der Waals surface area contributed by atoms with Crippen LogP contribution in [0.3, 0.4) is 0 Å². The largest absolute Gasteiger partial charge is 0.463 e. The van der Waals surface area contributed by atoms with Crippen molar-refractivity contribution in [1.82, 2.24) is 20.6 Å². The fraction of sp³-hybridized carbons (Fsp3) is 0.227. The Hall–Kier alpha value is -3.44. The molecule has 0 radical (unpaired) electrons. The van der Waals surface area contributed by atoms with Crippen LogP contribution in [0.25, 0.3) is 10.2 Å². The molecule has 0 spiro atoms. The zero-order chi connectivity index (χ0) is 23.2. The van der Waals surface area contributed by atoms with E-state index in [1.165, 1.54) is 29.4 Å². The van der Waals surface area contributed by atoms with Gasteiger partial charge in [0.2, 0.25) is 0 Å². The Bertz CT molecular complexity index is 1210. The molecule has 0 bridgehead atoms. The van der Waals surface area contributed by atoms with Gasteiger partial charge in [-0.25, -0.2) is 19.6 Å². The minimum atomic E-state index is -0.727. The summed E-state index contributed by atoms with van der Waals surface area (Å²) >= 11 is 2.73. The van der Waals surface area contributed by atoms with Gasteiger partial charge in [0.15, 0.2) is 0 Å². The second-order valence-electron chi connectivity index (χ2n) is 6.82. The van der Waals surface area contributed by atoms with Crippen molar-refractivity contribution in [2.24, 2.45) is 0 Å². The van der Waals surface area contributed by atoms with Gasteiger partial charge in [0.25, 0.3) is 0 Å². The predicted octanol–water partition coefficient (Wildman–Crippen LogP) is 3.20. The van der Waals surface area contributed by atoms with E-state index in [0.717, 1.165) is 10.2 Å². The lowest BCUT2D eigenvalue weighted by molar-refractivity contribution is -0.141. The van der Waals surface area contributed by atoms with Crippen molar-refractivity contribution in [3.05, 3.63) is 64.9 Å². The monoisotopic (exact) mass is 484 g/mol. The van der Waals surface area contributed by atoms with E-state index in [0.29, 0.717) is 10.6 Å². The van der Waals surface area contributed by atoms with Gasteiger partial charge in [-0.05, 0) is 23.9 Å². The summed E-state index contributed by atoms with van der Waals surface area (Å²) in [6, 6.07) is 9.71. The molecule has 1 aliphatic heterocycles. The highest BCUT2D eigenvalue weighted by Crippen LogP contribution is 2.29. The van der Waals surface area contributed by atoms with Crippen LogP contribution in [-0.4, -0.2) is 46.9 Å². The Balaban J connectivity index is 1.49. The lowest BCUT2D eigenvalue weighted by Gasteiger charge is -2.29. The van der Waals surface area contributed by atoms with Gasteiger partial charge in [-0.1, -0.05) is 42.1 Å². The number of carbonyl (C=O) groups is 3. The normalized spacial score (nSPS) is 15.7. The fourth-order valence-corrected chi connectivity index (χ4v) is 4.86. The van der Waals surface area contributed by atoms with E-state index in [4.69, 9.17) is 9.47 Å². The third kappa shape index (κ3) is 5.32. The van der Waals surface area contributed by atoms with Crippen LogP contribution in [0.2, 0.25) is 0 Å². The standard InChI is InChI=1S/C22H20N4O5S2/c1-2-30-21(28)17-15(25-22(29)26-18(17)13-6-4-3-5-7-13)10-31-16(27)11-33-20-14-8-9-32-19(14)23-12-24-20/h3-9,12,18H,2,10-11H2,1H3,(H2,25,26,29). The summed E-state index contributed by atoms with van der Waals surface area (Å²) in [5, 5.41) is 8.79. The number of amides is 2. The van der Waals surface area contributed by atoms with Crippen molar-refractivity contribution >= 4 is 51.3 Å². The summed E-state index contributed by atoms with van der Waals surface area (Å²) in [5.74, 6) is -1.10. The van der Waals surface area contributed by atoms with E-state index in [1.807, 2.05) is 17.5 Å². The Labute approximate surface area is 197 Å². The van der Waals surface area contributed by atoms with Gasteiger partial charge in [-0.3, -0.25) is 4.79 Å². The van der Waals surface area contributed by atoms with Gasteiger partial charge < -0.3 is 20.1 Å². The SMILES string of the molecule is CCOC(=O)C1=C(COC(=O)CSc2ncnc3sccc23)NC(=O)NC1c1ccccc1. The number of thiophene rings is 1. The molecular formula is C22H20N4O5S2. The van der Waals surface area contributed by atoms with Gasteiger partial charge in [0, 0.05) is 5.39 Å². The average Bonchev–Trinajstić information content (AvgIpc) is 3.31. The average molecular weight is 485 g/mol. The second-order valence-corrected chi connectivity index (χ2v) is 8.68. The minimum Gasteiger partial charge on any atom is -0.463 e. The van der Waals surface area contributed by atoms with E-state index in [-0.39, 0.29) is 30.2 Å². The number of hydrogen-bond acceptors (Lipinski definition) is 9. The molecule has 3 aromatic rings. The topological polar surface area (TPSA) is 120 Å². The summed E-state index contributed by atoms with van der Waals surface area (Å²) < 4.78 is 10.6. The predicted molar refractivity (Wildman–Crippen MR) is 124 cm³/mol. The van der Waals surface area contributed by atoms with Crippen LogP contribution in [0, 0.1) is 0 Å². The number of benzene rings is 1. The lowest BCUT2D eigenvalue weighted by Crippen LogP contribution is -2.47. The first kappa shape index (κ1) is 22.7. The summed E-state index contributed by atoms with van der Waals surface area (Å²) in [6.45, 7) is 1.58. The molecule has 2 N–H and O–H groups in total. The number of rotatable bonds is 8. The number of thioether (sulfide) groups is 1. The molecule has 11 heteroatoms. The first-order chi connectivity index (χ1) is 16.1. The van der Waals surface area contributed by atoms with Gasteiger partial charge in [0.1, 0.15) is 22.8 Å². The lowest BCUT2D eigenvalue weighted by atomic mass is 9.95. The van der Waals surface area contributed by atoms with Crippen molar-refractivity contribution in [2.45, 2.75) is 18.0 Å². The molecule has 1 aliphatic rings. The summed E-state index contributed by atoms with van der Waals surface area (Å²) in [4.78, 5) is 46.7. The number of nitrogens with one attached hydrogen (secondary N) is 2. The molecule has 1 atom stereocenters. The first-order valence-corrected chi connectivity index (χ1v) is 11.9. The first-order valence-electron chi connectivity index (χ1n) is 10.1. The Morgan fingerprint density at radius 1 is 1.15 bits per heavy atom. The van der Waals surface area contributed by atoms with Crippen LogP contribution in [0.15, 0.2) is 64.4 Å². The summed E-state index contributed by atoms with van der Waals surface area (Å²) in [6.07, 6.45) is 1.46. The maximum atomic E-state index is 12.7. The molecule has 33 heavy (non-hydrogen) atoms. The molecular weight excluding hydrogens is 464 g/mol. The molecule has 0 fully saturated rings. The highest BCUT2D eigenvalue weighted by molar-refractivity contribution is 8.00. The van der Waals surface area contributed by atoms with Crippen molar-refractivity contribution in [3.8, 4) is 0 Å². The molecule has 0 saturated carbocycles. The molecule has 2 amide bonds. The third-order valence-electron chi connectivity index (χ3n) is 4.71. The molecule has 4 rings (SSSR count). The van der Waals surface area contributed by atoms with Gasteiger partial charge in [0.05, 0.1) is 29.7 Å². The molecule has 1 aromatic carbocycles. The highest BCUT2D eigenvalue weighted by Gasteiger charge is 2.34. The maximum absolute atomic E-state index is 12.7. The third-order valence-corrected chi connectivity index (χ3v) is 6.51. The molecule has 9 nitrogen and oxygen atoms in total. The van der Waals surface area contributed by atoms with Crippen molar-refractivity contribution < 1.29 is 23.9 Å². The van der Waals surface area contributed by atoms with Crippen molar-refractivity contribution in [2.75, 3.05) is 19.0 Å². The number of fused-ring (bicyclic) bond motifs is 1. The van der Waals surface area contributed by atoms with Crippen LogP contribution >= 0.6 is 23.1 Å². The van der Waals surface area contributed by atoms with Gasteiger partial charge in [-0.2, -0.15) is 0 Å². The van der Waals surface area contributed by atoms with Crippen molar-refractivity contribution in [3.63, 3.8) is 0 Å². The zero-order valence-corrected chi connectivity index (χ0v) is 19.2. The van der Waals surface area contributed by atoms with Crippen LogP contribution < -0.4 is 10.6 Å². The van der Waals surface area contributed by atoms with Gasteiger partial charge in [-0.15, -0.1) is 11.3 Å².